The van der Waals surface area contributed by atoms with Crippen LogP contribution in [0.2, 0.25) is 0 Å². The summed E-state index contributed by atoms with van der Waals surface area (Å²) < 4.78 is 27.7. The van der Waals surface area contributed by atoms with Gasteiger partial charge in [-0.25, -0.2) is 8.42 Å². The maximum Gasteiger partial charge on any atom is 0.272 e. The second-order valence-corrected chi connectivity index (χ2v) is 9.25. The molecule has 0 fully saturated rings. The van der Waals surface area contributed by atoms with Gasteiger partial charge >= 0.3 is 0 Å². The topological polar surface area (TPSA) is 97.6 Å². The van der Waals surface area contributed by atoms with Crippen molar-refractivity contribution in [2.45, 2.75) is 38.0 Å². The van der Waals surface area contributed by atoms with Gasteiger partial charge in [0.15, 0.2) is 0 Å². The Kier molecular flexibility index (Phi) is 7.05. The fourth-order valence-electron chi connectivity index (χ4n) is 3.20. The molecular weight excluding hydrogens is 428 g/mol. The van der Waals surface area contributed by atoms with E-state index in [0.717, 1.165) is 34.7 Å². The van der Waals surface area contributed by atoms with Crippen LogP contribution in [0.4, 0.5) is 11.4 Å². The van der Waals surface area contributed by atoms with Crippen molar-refractivity contribution in [1.82, 2.24) is 0 Å². The number of hydrogen-bond donors (Lipinski definition) is 0. The minimum absolute atomic E-state index is 0.0200. The number of non-ortho nitro benzene ring substituents is 1. The number of unbranched alkanes of at least 4 members (excludes halogenated alkanes) is 1. The number of anilines is 1. The highest BCUT2D eigenvalue weighted by Gasteiger charge is 2.32. The summed E-state index contributed by atoms with van der Waals surface area (Å²) in [5, 5.41) is 10.9. The van der Waals surface area contributed by atoms with E-state index in [1.54, 1.807) is 24.3 Å². The molecular formula is C24H24N2O5S. The molecule has 0 atom stereocenters. The Morgan fingerprint density at radius 1 is 0.938 bits per heavy atom. The fourth-order valence-corrected chi connectivity index (χ4v) is 4.62. The predicted molar refractivity (Wildman–Crippen MR) is 123 cm³/mol. The molecule has 0 N–H and O–H groups in total. The number of nitrogens with zero attached hydrogens (tertiary/aromatic N) is 2. The lowest BCUT2D eigenvalue weighted by atomic mass is 10.1. The standard InChI is InChI=1S/C24H24N2O5S/c1-3-4-5-19-8-12-21(13-9-19)25(32(30,31)23-16-6-18(2)7-17-23)24(27)20-10-14-22(15-11-20)26(28)29/h6-17H,3-5H2,1-2H3. The van der Waals surface area contributed by atoms with Crippen molar-refractivity contribution in [1.29, 1.82) is 0 Å². The van der Waals surface area contributed by atoms with E-state index in [-0.39, 0.29) is 21.8 Å². The van der Waals surface area contributed by atoms with Crippen LogP contribution in [0.1, 0.15) is 41.3 Å². The zero-order valence-corrected chi connectivity index (χ0v) is 18.7. The first-order valence-electron chi connectivity index (χ1n) is 10.2. The summed E-state index contributed by atoms with van der Waals surface area (Å²) in [6, 6.07) is 18.0. The molecule has 0 heterocycles. The number of hydrogen-bond acceptors (Lipinski definition) is 5. The van der Waals surface area contributed by atoms with Crippen molar-refractivity contribution in [3.63, 3.8) is 0 Å². The average molecular weight is 453 g/mol. The highest BCUT2D eigenvalue weighted by molar-refractivity contribution is 7.93. The Morgan fingerprint density at radius 2 is 1.53 bits per heavy atom. The first-order valence-corrected chi connectivity index (χ1v) is 11.7. The molecule has 0 aliphatic rings. The zero-order chi connectivity index (χ0) is 23.3. The third-order valence-electron chi connectivity index (χ3n) is 5.06. The molecule has 0 spiro atoms. The molecule has 0 bridgehead atoms. The van der Waals surface area contributed by atoms with E-state index >= 15 is 0 Å². The molecule has 0 aliphatic heterocycles. The summed E-state index contributed by atoms with van der Waals surface area (Å²) >= 11 is 0. The summed E-state index contributed by atoms with van der Waals surface area (Å²) in [6.45, 7) is 3.93. The molecule has 7 nitrogen and oxygen atoms in total. The second kappa shape index (κ2) is 9.74. The van der Waals surface area contributed by atoms with Crippen molar-refractivity contribution in [3.05, 3.63) is 99.6 Å². The summed E-state index contributed by atoms with van der Waals surface area (Å²) in [6.07, 6.45) is 2.90. The number of rotatable bonds is 8. The molecule has 0 aromatic heterocycles. The van der Waals surface area contributed by atoms with Gasteiger partial charge in [-0.3, -0.25) is 14.9 Å². The van der Waals surface area contributed by atoms with Crippen LogP contribution in [0, 0.1) is 17.0 Å². The summed E-state index contributed by atoms with van der Waals surface area (Å²) in [4.78, 5) is 23.7. The first-order chi connectivity index (χ1) is 15.2. The highest BCUT2D eigenvalue weighted by Crippen LogP contribution is 2.27. The number of carbonyl (C=O) groups excluding carboxylic acids is 1. The van der Waals surface area contributed by atoms with Crippen molar-refractivity contribution in [2.75, 3.05) is 4.31 Å². The fraction of sp³-hybridized carbons (Fsp3) is 0.208. The van der Waals surface area contributed by atoms with Crippen LogP contribution < -0.4 is 4.31 Å². The molecule has 8 heteroatoms. The van der Waals surface area contributed by atoms with Crippen LogP contribution in [0.15, 0.2) is 77.7 Å². The maximum atomic E-state index is 13.5. The smallest absolute Gasteiger partial charge is 0.268 e. The predicted octanol–water partition coefficient (Wildman–Crippen LogP) is 5.28. The molecule has 0 aliphatic carbocycles. The van der Waals surface area contributed by atoms with E-state index in [4.69, 9.17) is 0 Å². The molecule has 32 heavy (non-hydrogen) atoms. The van der Waals surface area contributed by atoms with E-state index in [1.807, 2.05) is 19.1 Å². The molecule has 3 aromatic rings. The number of nitro groups is 1. The lowest BCUT2D eigenvalue weighted by molar-refractivity contribution is -0.384. The quantitative estimate of drug-likeness (QED) is 0.342. The summed E-state index contributed by atoms with van der Waals surface area (Å²) in [7, 11) is -4.22. The van der Waals surface area contributed by atoms with Gasteiger partial charge in [0.1, 0.15) is 0 Å². The number of nitro benzene ring substituents is 1. The van der Waals surface area contributed by atoms with Gasteiger partial charge in [0.05, 0.1) is 15.5 Å². The molecule has 0 saturated carbocycles. The van der Waals surface area contributed by atoms with Crippen molar-refractivity contribution in [3.8, 4) is 0 Å². The summed E-state index contributed by atoms with van der Waals surface area (Å²) in [5.74, 6) is -0.790. The van der Waals surface area contributed by atoms with Crippen LogP contribution in [-0.2, 0) is 16.4 Å². The SMILES string of the molecule is CCCCc1ccc(N(C(=O)c2ccc([N+](=O)[O-])cc2)S(=O)(=O)c2ccc(C)cc2)cc1. The molecule has 0 unspecified atom stereocenters. The van der Waals surface area contributed by atoms with Gasteiger partial charge in [-0.05, 0) is 61.7 Å². The van der Waals surface area contributed by atoms with Crippen LogP contribution in [0.3, 0.4) is 0 Å². The summed E-state index contributed by atoms with van der Waals surface area (Å²) in [5.41, 5.74) is 1.98. The number of benzene rings is 3. The van der Waals surface area contributed by atoms with E-state index in [0.29, 0.717) is 0 Å². The monoisotopic (exact) mass is 452 g/mol. The largest absolute Gasteiger partial charge is 0.272 e. The van der Waals surface area contributed by atoms with E-state index in [1.165, 1.54) is 36.4 Å². The minimum atomic E-state index is -4.22. The lowest BCUT2D eigenvalue weighted by Crippen LogP contribution is -2.37. The molecule has 3 rings (SSSR count). The van der Waals surface area contributed by atoms with Crippen LogP contribution in [0.25, 0.3) is 0 Å². The van der Waals surface area contributed by atoms with Crippen molar-refractivity contribution in [2.24, 2.45) is 0 Å². The Labute approximate surface area is 187 Å². The van der Waals surface area contributed by atoms with Gasteiger partial charge in [-0.15, -0.1) is 0 Å². The van der Waals surface area contributed by atoms with Crippen LogP contribution >= 0.6 is 0 Å². The Balaban J connectivity index is 2.07. The molecule has 3 aromatic carbocycles. The van der Waals surface area contributed by atoms with Crippen molar-refractivity contribution >= 4 is 27.3 Å². The number of sulfonamides is 1. The van der Waals surface area contributed by atoms with Gasteiger partial charge in [0.2, 0.25) is 0 Å². The highest BCUT2D eigenvalue weighted by atomic mass is 32.2. The van der Waals surface area contributed by atoms with E-state index in [9.17, 15) is 23.3 Å². The van der Waals surface area contributed by atoms with Gasteiger partial charge in [0, 0.05) is 17.7 Å². The third kappa shape index (κ3) is 5.03. The van der Waals surface area contributed by atoms with E-state index in [2.05, 4.69) is 6.92 Å². The average Bonchev–Trinajstić information content (AvgIpc) is 2.79. The Hall–Kier alpha value is -3.52. The third-order valence-corrected chi connectivity index (χ3v) is 6.78. The Bertz CT molecular complexity index is 1200. The molecule has 0 radical (unpaired) electrons. The first kappa shape index (κ1) is 23.1. The number of carbonyl (C=O) groups is 1. The molecule has 0 saturated heterocycles. The Morgan fingerprint density at radius 3 is 2.06 bits per heavy atom. The van der Waals surface area contributed by atoms with Crippen LogP contribution in [-0.4, -0.2) is 19.2 Å². The number of aryl methyl sites for hydroxylation is 2. The van der Waals surface area contributed by atoms with E-state index < -0.39 is 20.9 Å². The normalized spacial score (nSPS) is 11.2. The zero-order valence-electron chi connectivity index (χ0n) is 17.9. The van der Waals surface area contributed by atoms with Gasteiger partial charge in [-0.1, -0.05) is 43.2 Å². The lowest BCUT2D eigenvalue weighted by Gasteiger charge is -2.23. The van der Waals surface area contributed by atoms with Gasteiger partial charge < -0.3 is 0 Å². The molecule has 166 valence electrons. The van der Waals surface area contributed by atoms with Gasteiger partial charge in [-0.2, -0.15) is 4.31 Å². The minimum Gasteiger partial charge on any atom is -0.268 e. The number of amides is 1. The molecule has 1 amide bonds. The van der Waals surface area contributed by atoms with Gasteiger partial charge in [0.25, 0.3) is 21.6 Å². The van der Waals surface area contributed by atoms with Crippen molar-refractivity contribution < 1.29 is 18.1 Å². The second-order valence-electron chi connectivity index (χ2n) is 7.46. The van der Waals surface area contributed by atoms with Crippen LogP contribution in [0.5, 0.6) is 0 Å². The maximum absolute atomic E-state index is 13.5.